The number of aryl methyl sites for hydroxylation is 1. The molecule has 1 aromatic rings. The maximum absolute atomic E-state index is 5.73. The van der Waals surface area contributed by atoms with Crippen molar-refractivity contribution in [2.24, 2.45) is 0 Å². The van der Waals surface area contributed by atoms with Crippen LogP contribution in [0.2, 0.25) is 0 Å². The summed E-state index contributed by atoms with van der Waals surface area (Å²) in [6, 6.07) is 0.451. The fraction of sp³-hybridized carbons (Fsp3) is 0.700. The summed E-state index contributed by atoms with van der Waals surface area (Å²) >= 11 is 1.65. The number of hydrogen-bond acceptors (Lipinski definition) is 4. The lowest BCUT2D eigenvalue weighted by Crippen LogP contribution is -2.25. The Bertz CT molecular complexity index is 308. The van der Waals surface area contributed by atoms with E-state index in [0.717, 1.165) is 18.1 Å². The molecule has 0 amide bonds. The van der Waals surface area contributed by atoms with E-state index >= 15 is 0 Å². The van der Waals surface area contributed by atoms with Crippen molar-refractivity contribution in [2.45, 2.75) is 38.6 Å². The van der Waals surface area contributed by atoms with Gasteiger partial charge in [-0.1, -0.05) is 6.92 Å². The Balaban J connectivity index is 2.13. The van der Waals surface area contributed by atoms with Crippen molar-refractivity contribution in [3.8, 4) is 0 Å². The van der Waals surface area contributed by atoms with E-state index in [1.165, 1.54) is 29.8 Å². The Morgan fingerprint density at radius 3 is 3.29 bits per heavy atom. The summed E-state index contributed by atoms with van der Waals surface area (Å²) in [7, 11) is 0. The van der Waals surface area contributed by atoms with Gasteiger partial charge in [0.1, 0.15) is 0 Å². The van der Waals surface area contributed by atoms with Crippen LogP contribution in [0.5, 0.6) is 0 Å². The first-order valence-electron chi connectivity index (χ1n) is 5.29. The summed E-state index contributed by atoms with van der Waals surface area (Å²) in [6.07, 6.45) is 4.80. The molecule has 0 aromatic carbocycles. The van der Waals surface area contributed by atoms with E-state index in [2.05, 4.69) is 17.2 Å². The zero-order valence-electron chi connectivity index (χ0n) is 8.55. The molecule has 0 saturated carbocycles. The van der Waals surface area contributed by atoms with Gasteiger partial charge in [0.05, 0.1) is 11.7 Å². The molecule has 78 valence electrons. The highest BCUT2D eigenvalue weighted by atomic mass is 32.1. The molecule has 3 N–H and O–H groups in total. The van der Waals surface area contributed by atoms with Crippen LogP contribution in [0.15, 0.2) is 0 Å². The number of nitrogen functional groups attached to an aromatic ring is 1. The normalized spacial score (nSPS) is 20.8. The SMILES string of the molecule is CCCN[C@@H]1CCCc2sc(N)nc21. The Labute approximate surface area is 88.7 Å². The summed E-state index contributed by atoms with van der Waals surface area (Å²) < 4.78 is 0. The van der Waals surface area contributed by atoms with E-state index in [1.54, 1.807) is 11.3 Å². The van der Waals surface area contributed by atoms with Gasteiger partial charge < -0.3 is 11.1 Å². The maximum Gasteiger partial charge on any atom is 0.180 e. The van der Waals surface area contributed by atoms with E-state index in [-0.39, 0.29) is 0 Å². The molecule has 4 heteroatoms. The third-order valence-corrected chi connectivity index (χ3v) is 3.57. The predicted octanol–water partition coefficient (Wildman–Crippen LogP) is 2.10. The van der Waals surface area contributed by atoms with Gasteiger partial charge in [-0.2, -0.15) is 0 Å². The lowest BCUT2D eigenvalue weighted by molar-refractivity contribution is 0.454. The van der Waals surface area contributed by atoms with Crippen LogP contribution in [0.3, 0.4) is 0 Å². The van der Waals surface area contributed by atoms with Gasteiger partial charge in [-0.05, 0) is 32.2 Å². The molecule has 1 aliphatic carbocycles. The highest BCUT2D eigenvalue weighted by Gasteiger charge is 2.23. The number of nitrogens with one attached hydrogen (secondary N) is 1. The first kappa shape index (κ1) is 9.93. The lowest BCUT2D eigenvalue weighted by Gasteiger charge is -2.21. The van der Waals surface area contributed by atoms with E-state index in [4.69, 9.17) is 5.73 Å². The standard InChI is InChI=1S/C10H17N3S/c1-2-6-12-7-4-3-5-8-9(7)13-10(11)14-8/h7,12H,2-6H2,1H3,(H2,11,13)/t7-/m1/s1. The summed E-state index contributed by atoms with van der Waals surface area (Å²) in [5.74, 6) is 0. The molecule has 0 saturated heterocycles. The monoisotopic (exact) mass is 211 g/mol. The smallest absolute Gasteiger partial charge is 0.180 e. The van der Waals surface area contributed by atoms with Crippen LogP contribution in [0, 0.1) is 0 Å². The fourth-order valence-corrected chi connectivity index (χ4v) is 2.89. The van der Waals surface area contributed by atoms with Crippen LogP contribution in [0.4, 0.5) is 5.13 Å². The molecule has 1 aliphatic rings. The molecule has 0 fully saturated rings. The Hall–Kier alpha value is -0.610. The Kier molecular flexibility index (Phi) is 3.03. The fourth-order valence-electron chi connectivity index (χ4n) is 1.95. The zero-order chi connectivity index (χ0) is 9.97. The minimum absolute atomic E-state index is 0.451. The second-order valence-electron chi connectivity index (χ2n) is 3.76. The molecule has 1 heterocycles. The van der Waals surface area contributed by atoms with Crippen LogP contribution < -0.4 is 11.1 Å². The van der Waals surface area contributed by atoms with Crippen LogP contribution in [0.25, 0.3) is 0 Å². The highest BCUT2D eigenvalue weighted by molar-refractivity contribution is 7.15. The van der Waals surface area contributed by atoms with Crippen molar-refractivity contribution in [3.05, 3.63) is 10.6 Å². The molecule has 14 heavy (non-hydrogen) atoms. The van der Waals surface area contributed by atoms with Gasteiger partial charge in [-0.25, -0.2) is 4.98 Å². The number of hydrogen-bond donors (Lipinski definition) is 2. The van der Waals surface area contributed by atoms with E-state index in [9.17, 15) is 0 Å². The second kappa shape index (κ2) is 4.28. The predicted molar refractivity (Wildman–Crippen MR) is 60.5 cm³/mol. The number of rotatable bonds is 3. The number of nitrogens with zero attached hydrogens (tertiary/aromatic N) is 1. The average Bonchev–Trinajstić information content (AvgIpc) is 2.55. The van der Waals surface area contributed by atoms with E-state index in [0.29, 0.717) is 6.04 Å². The van der Waals surface area contributed by atoms with E-state index < -0.39 is 0 Å². The molecule has 0 bridgehead atoms. The van der Waals surface area contributed by atoms with Crippen molar-refractivity contribution in [1.82, 2.24) is 10.3 Å². The number of thiazole rings is 1. The van der Waals surface area contributed by atoms with Crippen molar-refractivity contribution < 1.29 is 0 Å². The largest absolute Gasteiger partial charge is 0.375 e. The lowest BCUT2D eigenvalue weighted by atomic mass is 9.97. The number of aromatic nitrogens is 1. The van der Waals surface area contributed by atoms with Gasteiger partial charge >= 0.3 is 0 Å². The summed E-state index contributed by atoms with van der Waals surface area (Å²) in [5, 5.41) is 4.25. The third kappa shape index (κ3) is 1.91. The van der Waals surface area contributed by atoms with Crippen molar-refractivity contribution >= 4 is 16.5 Å². The van der Waals surface area contributed by atoms with Crippen molar-refractivity contribution in [1.29, 1.82) is 0 Å². The van der Waals surface area contributed by atoms with Crippen LogP contribution >= 0.6 is 11.3 Å². The minimum atomic E-state index is 0.451. The van der Waals surface area contributed by atoms with Crippen LogP contribution in [0.1, 0.15) is 42.8 Å². The van der Waals surface area contributed by atoms with Crippen LogP contribution in [-0.2, 0) is 6.42 Å². The highest BCUT2D eigenvalue weighted by Crippen LogP contribution is 2.33. The first-order chi connectivity index (χ1) is 6.81. The third-order valence-electron chi connectivity index (χ3n) is 2.61. The molecule has 1 atom stereocenters. The minimum Gasteiger partial charge on any atom is -0.375 e. The molecule has 3 nitrogen and oxygen atoms in total. The summed E-state index contributed by atoms with van der Waals surface area (Å²) in [6.45, 7) is 3.26. The molecular formula is C10H17N3S. The quantitative estimate of drug-likeness (QED) is 0.805. The van der Waals surface area contributed by atoms with Crippen molar-refractivity contribution in [2.75, 3.05) is 12.3 Å². The van der Waals surface area contributed by atoms with Gasteiger partial charge in [0.25, 0.3) is 0 Å². The molecule has 0 radical (unpaired) electrons. The van der Waals surface area contributed by atoms with Gasteiger partial charge in [0.2, 0.25) is 0 Å². The number of anilines is 1. The molecule has 1 aromatic heterocycles. The Morgan fingerprint density at radius 1 is 1.64 bits per heavy atom. The van der Waals surface area contributed by atoms with Gasteiger partial charge in [-0.15, -0.1) is 11.3 Å². The van der Waals surface area contributed by atoms with Crippen LogP contribution in [-0.4, -0.2) is 11.5 Å². The molecule has 0 aliphatic heterocycles. The first-order valence-corrected chi connectivity index (χ1v) is 6.11. The Morgan fingerprint density at radius 2 is 2.50 bits per heavy atom. The summed E-state index contributed by atoms with van der Waals surface area (Å²) in [4.78, 5) is 5.81. The van der Waals surface area contributed by atoms with Gasteiger partial charge in [-0.3, -0.25) is 0 Å². The molecular weight excluding hydrogens is 194 g/mol. The van der Waals surface area contributed by atoms with E-state index in [1.807, 2.05) is 0 Å². The molecule has 2 rings (SSSR count). The topological polar surface area (TPSA) is 50.9 Å². The summed E-state index contributed by atoms with van der Waals surface area (Å²) in [5.41, 5.74) is 6.94. The average molecular weight is 211 g/mol. The molecule has 0 spiro atoms. The second-order valence-corrected chi connectivity index (χ2v) is 4.87. The molecule has 0 unspecified atom stereocenters. The maximum atomic E-state index is 5.73. The van der Waals surface area contributed by atoms with Crippen molar-refractivity contribution in [3.63, 3.8) is 0 Å². The zero-order valence-corrected chi connectivity index (χ0v) is 9.36. The number of nitrogens with two attached hydrogens (primary N) is 1. The number of fused-ring (bicyclic) bond motifs is 1. The van der Waals surface area contributed by atoms with Gasteiger partial charge in [0, 0.05) is 4.88 Å². The van der Waals surface area contributed by atoms with Gasteiger partial charge in [0.15, 0.2) is 5.13 Å².